The van der Waals surface area contributed by atoms with Crippen LogP contribution in [0.4, 0.5) is 0 Å². The fourth-order valence-electron chi connectivity index (χ4n) is 1.40. The van der Waals surface area contributed by atoms with E-state index in [-0.39, 0.29) is 11.5 Å². The molecule has 1 aromatic rings. The lowest BCUT2D eigenvalue weighted by molar-refractivity contribution is -0.150. The molecule has 0 aliphatic heterocycles. The molecule has 1 heterocycles. The number of hydrogen-bond donors (Lipinski definition) is 2. The third-order valence-electron chi connectivity index (χ3n) is 2.77. The molecular formula is C12H19N3O3S. The molecule has 2 N–H and O–H groups in total. The number of esters is 1. The normalized spacial score (nSPS) is 13.8. The number of hydrogen-bond acceptors (Lipinski definition) is 6. The molecule has 0 amide bonds. The van der Waals surface area contributed by atoms with Crippen LogP contribution in [0.15, 0.2) is 22.2 Å². The van der Waals surface area contributed by atoms with Crippen LogP contribution in [-0.4, -0.2) is 40.9 Å². The Morgan fingerprint density at radius 1 is 1.63 bits per heavy atom. The molecule has 0 bridgehead atoms. The Morgan fingerprint density at radius 2 is 2.37 bits per heavy atom. The number of nitrogens with one attached hydrogen (secondary N) is 2. The van der Waals surface area contributed by atoms with E-state index >= 15 is 0 Å². The van der Waals surface area contributed by atoms with Gasteiger partial charge in [0.2, 0.25) is 0 Å². The van der Waals surface area contributed by atoms with Crippen LogP contribution in [0.5, 0.6) is 0 Å². The van der Waals surface area contributed by atoms with E-state index < -0.39 is 5.54 Å². The van der Waals surface area contributed by atoms with Crippen molar-refractivity contribution in [3.8, 4) is 0 Å². The van der Waals surface area contributed by atoms with Crippen molar-refractivity contribution < 1.29 is 9.53 Å². The van der Waals surface area contributed by atoms with Gasteiger partial charge < -0.3 is 15.0 Å². The molecule has 106 valence electrons. The Balaban J connectivity index is 2.54. The lowest BCUT2D eigenvalue weighted by atomic mass is 10.00. The fourth-order valence-corrected chi connectivity index (χ4v) is 2.41. The maximum absolute atomic E-state index is 11.8. The second-order valence-corrected chi connectivity index (χ2v) is 5.22. The molecule has 6 nitrogen and oxygen atoms in total. The molecule has 19 heavy (non-hydrogen) atoms. The lowest BCUT2D eigenvalue weighted by Gasteiger charge is -2.26. The molecule has 0 saturated carbocycles. The highest BCUT2D eigenvalue weighted by Crippen LogP contribution is 2.19. The zero-order valence-electron chi connectivity index (χ0n) is 11.4. The van der Waals surface area contributed by atoms with Crippen molar-refractivity contribution in [2.75, 3.05) is 19.4 Å². The summed E-state index contributed by atoms with van der Waals surface area (Å²) in [6, 6.07) is 1.36. The molecule has 1 rings (SSSR count). The molecule has 1 atom stereocenters. The zero-order valence-corrected chi connectivity index (χ0v) is 12.2. The van der Waals surface area contributed by atoms with E-state index in [9.17, 15) is 9.59 Å². The minimum absolute atomic E-state index is 0.181. The SMILES string of the molecule is CCOC(=O)C(C)(CCSc1nccc(=O)[nH]1)NC. The molecule has 0 aliphatic carbocycles. The second kappa shape index (κ2) is 7.30. The largest absolute Gasteiger partial charge is 0.465 e. The molecular weight excluding hydrogens is 266 g/mol. The number of carbonyl (C=O) groups is 1. The minimum atomic E-state index is -0.724. The van der Waals surface area contributed by atoms with Crippen molar-refractivity contribution in [3.63, 3.8) is 0 Å². The first-order valence-electron chi connectivity index (χ1n) is 6.06. The third-order valence-corrected chi connectivity index (χ3v) is 3.66. The summed E-state index contributed by atoms with van der Waals surface area (Å²) in [6.45, 7) is 3.94. The number of aromatic nitrogens is 2. The van der Waals surface area contributed by atoms with Crippen LogP contribution in [0.2, 0.25) is 0 Å². The first-order valence-corrected chi connectivity index (χ1v) is 7.04. The monoisotopic (exact) mass is 285 g/mol. The van der Waals surface area contributed by atoms with Gasteiger partial charge in [-0.1, -0.05) is 11.8 Å². The van der Waals surface area contributed by atoms with Crippen LogP contribution in [-0.2, 0) is 9.53 Å². The van der Waals surface area contributed by atoms with Gasteiger partial charge in [0.15, 0.2) is 5.16 Å². The quantitative estimate of drug-likeness (QED) is 0.438. The number of aromatic amines is 1. The highest BCUT2D eigenvalue weighted by Gasteiger charge is 2.32. The van der Waals surface area contributed by atoms with E-state index in [1.807, 2.05) is 0 Å². The van der Waals surface area contributed by atoms with E-state index in [1.165, 1.54) is 24.0 Å². The lowest BCUT2D eigenvalue weighted by Crippen LogP contribution is -2.49. The topological polar surface area (TPSA) is 84.1 Å². The number of H-pyrrole nitrogens is 1. The average molecular weight is 285 g/mol. The molecule has 1 unspecified atom stereocenters. The maximum atomic E-state index is 11.8. The minimum Gasteiger partial charge on any atom is -0.465 e. The van der Waals surface area contributed by atoms with E-state index in [4.69, 9.17) is 4.74 Å². The van der Waals surface area contributed by atoms with Gasteiger partial charge in [0.05, 0.1) is 6.61 Å². The number of nitrogens with zero attached hydrogens (tertiary/aromatic N) is 1. The molecule has 0 aliphatic rings. The highest BCUT2D eigenvalue weighted by atomic mass is 32.2. The first kappa shape index (κ1) is 15.7. The molecule has 0 fully saturated rings. The Bertz CT molecular complexity index is 477. The molecule has 1 aromatic heterocycles. The van der Waals surface area contributed by atoms with E-state index in [2.05, 4.69) is 15.3 Å². The van der Waals surface area contributed by atoms with Crippen molar-refractivity contribution in [1.29, 1.82) is 0 Å². The van der Waals surface area contributed by atoms with Crippen molar-refractivity contribution in [2.45, 2.75) is 31.0 Å². The van der Waals surface area contributed by atoms with Crippen LogP contribution in [0.1, 0.15) is 20.3 Å². The van der Waals surface area contributed by atoms with E-state index in [0.29, 0.717) is 23.9 Å². The molecule has 0 radical (unpaired) electrons. The summed E-state index contributed by atoms with van der Waals surface area (Å²) in [4.78, 5) is 29.6. The van der Waals surface area contributed by atoms with Gasteiger partial charge in [0.1, 0.15) is 5.54 Å². The highest BCUT2D eigenvalue weighted by molar-refractivity contribution is 7.99. The summed E-state index contributed by atoms with van der Waals surface area (Å²) >= 11 is 1.40. The molecule has 7 heteroatoms. The maximum Gasteiger partial charge on any atom is 0.326 e. The Kier molecular flexibility index (Phi) is 6.04. The average Bonchev–Trinajstić information content (AvgIpc) is 2.39. The number of rotatable bonds is 7. The summed E-state index contributed by atoms with van der Waals surface area (Å²) in [7, 11) is 1.73. The standard InChI is InChI=1S/C12H19N3O3S/c1-4-18-10(17)12(2,13-3)6-8-19-11-14-7-5-9(16)15-11/h5,7,13H,4,6,8H2,1-3H3,(H,14,15,16). The summed E-state index contributed by atoms with van der Waals surface area (Å²) in [5.41, 5.74) is -0.905. The summed E-state index contributed by atoms with van der Waals surface area (Å²) in [5, 5.41) is 3.53. The number of carbonyl (C=O) groups excluding carboxylic acids is 1. The van der Waals surface area contributed by atoms with Gasteiger partial charge in [0.25, 0.3) is 5.56 Å². The predicted molar refractivity (Wildman–Crippen MR) is 74.3 cm³/mol. The summed E-state index contributed by atoms with van der Waals surface area (Å²) < 4.78 is 5.04. The first-order chi connectivity index (χ1) is 9.01. The van der Waals surface area contributed by atoms with Crippen LogP contribution >= 0.6 is 11.8 Å². The van der Waals surface area contributed by atoms with Crippen LogP contribution in [0.3, 0.4) is 0 Å². The van der Waals surface area contributed by atoms with Crippen LogP contribution in [0, 0.1) is 0 Å². The number of likely N-dealkylation sites (N-methyl/N-ethyl adjacent to an activating group) is 1. The van der Waals surface area contributed by atoms with Crippen LogP contribution in [0.25, 0.3) is 0 Å². The number of thioether (sulfide) groups is 1. The third kappa shape index (κ3) is 4.68. The Hall–Kier alpha value is -1.34. The van der Waals surface area contributed by atoms with Gasteiger partial charge >= 0.3 is 5.97 Å². The smallest absolute Gasteiger partial charge is 0.326 e. The van der Waals surface area contributed by atoms with E-state index in [1.54, 1.807) is 20.9 Å². The zero-order chi connectivity index (χ0) is 14.3. The van der Waals surface area contributed by atoms with Crippen molar-refractivity contribution in [3.05, 3.63) is 22.6 Å². The predicted octanol–water partition coefficient (Wildman–Crippen LogP) is 0.793. The van der Waals surface area contributed by atoms with Gasteiger partial charge in [-0.2, -0.15) is 0 Å². The van der Waals surface area contributed by atoms with Gasteiger partial charge in [-0.25, -0.2) is 4.98 Å². The summed E-state index contributed by atoms with van der Waals surface area (Å²) in [5.74, 6) is 0.371. The molecule has 0 aromatic carbocycles. The second-order valence-electron chi connectivity index (χ2n) is 4.14. The fraction of sp³-hybridized carbons (Fsp3) is 0.583. The van der Waals surface area contributed by atoms with Crippen LogP contribution < -0.4 is 10.9 Å². The molecule has 0 spiro atoms. The van der Waals surface area contributed by atoms with Gasteiger partial charge in [-0.3, -0.25) is 9.59 Å². The Morgan fingerprint density at radius 3 is 2.95 bits per heavy atom. The van der Waals surface area contributed by atoms with Crippen molar-refractivity contribution >= 4 is 17.7 Å². The Labute approximate surface area is 116 Å². The number of ether oxygens (including phenoxy) is 1. The van der Waals surface area contributed by atoms with Crippen molar-refractivity contribution in [1.82, 2.24) is 15.3 Å². The molecule has 0 saturated heterocycles. The van der Waals surface area contributed by atoms with Gasteiger partial charge in [-0.15, -0.1) is 0 Å². The van der Waals surface area contributed by atoms with Gasteiger partial charge in [0, 0.05) is 18.0 Å². The van der Waals surface area contributed by atoms with E-state index in [0.717, 1.165) is 0 Å². The van der Waals surface area contributed by atoms with Crippen molar-refractivity contribution in [2.24, 2.45) is 0 Å². The summed E-state index contributed by atoms with van der Waals surface area (Å²) in [6.07, 6.45) is 2.04. The van der Waals surface area contributed by atoms with Gasteiger partial charge in [-0.05, 0) is 27.3 Å².